The average Bonchev–Trinajstić information content (AvgIpc) is 2.94. The number of H-pyrrole nitrogens is 1. The van der Waals surface area contributed by atoms with Crippen molar-refractivity contribution in [2.75, 3.05) is 0 Å². The molecule has 0 fully saturated rings. The summed E-state index contributed by atoms with van der Waals surface area (Å²) in [6.07, 6.45) is -1.71. The Morgan fingerprint density at radius 3 is 2.52 bits per heavy atom. The van der Waals surface area contributed by atoms with Crippen molar-refractivity contribution in [1.29, 1.82) is 0 Å². The first-order chi connectivity index (χ1) is 12.5. The molecule has 3 rings (SSSR count). The number of hydrogen-bond donors (Lipinski definition) is 2. The Bertz CT molecular complexity index is 919. The highest BCUT2D eigenvalue weighted by Crippen LogP contribution is 2.47. The number of aromatic nitrogens is 2. The smallest absolute Gasteiger partial charge is 0.390 e. The molecule has 0 radical (unpaired) electrons. The highest BCUT2D eigenvalue weighted by molar-refractivity contribution is 6.30. The number of aliphatic hydroxyl groups is 1. The Hall–Kier alpha value is -2.05. The molecule has 2 N–H and O–H groups in total. The molecule has 2 unspecified atom stereocenters. The molecule has 0 saturated heterocycles. The molecule has 2 aromatic heterocycles. The first kappa shape index (κ1) is 19.7. The van der Waals surface area contributed by atoms with E-state index < -0.39 is 23.6 Å². The second-order valence-electron chi connectivity index (χ2n) is 7.45. The van der Waals surface area contributed by atoms with Crippen molar-refractivity contribution in [2.24, 2.45) is 0 Å². The van der Waals surface area contributed by atoms with Crippen molar-refractivity contribution in [1.82, 2.24) is 9.97 Å². The number of halogens is 4. The number of nitrogens with one attached hydrogen (secondary N) is 1. The molecule has 3 nitrogen and oxygen atoms in total. The van der Waals surface area contributed by atoms with Crippen LogP contribution in [0.25, 0.3) is 10.9 Å². The molecule has 144 valence electrons. The predicted octanol–water partition coefficient (Wildman–Crippen LogP) is 5.42. The Morgan fingerprint density at radius 1 is 1.15 bits per heavy atom. The minimum atomic E-state index is -4.55. The maximum absolute atomic E-state index is 14.0. The van der Waals surface area contributed by atoms with E-state index in [2.05, 4.69) is 9.97 Å². The van der Waals surface area contributed by atoms with E-state index in [0.29, 0.717) is 5.69 Å². The average molecular weight is 397 g/mol. The van der Waals surface area contributed by atoms with Crippen molar-refractivity contribution in [2.45, 2.75) is 43.9 Å². The van der Waals surface area contributed by atoms with Crippen molar-refractivity contribution in [3.8, 4) is 0 Å². The third-order valence-corrected chi connectivity index (χ3v) is 5.11. The van der Waals surface area contributed by atoms with E-state index >= 15 is 0 Å². The van der Waals surface area contributed by atoms with Crippen LogP contribution >= 0.6 is 11.6 Å². The normalized spacial score (nSPS) is 16.9. The summed E-state index contributed by atoms with van der Waals surface area (Å²) in [4.78, 5) is 7.14. The lowest BCUT2D eigenvalue weighted by molar-refractivity contribution is -0.199. The van der Waals surface area contributed by atoms with Crippen LogP contribution in [0, 0.1) is 0 Å². The summed E-state index contributed by atoms with van der Waals surface area (Å²) >= 11 is 5.91. The number of fused-ring (bicyclic) bond motifs is 1. The van der Waals surface area contributed by atoms with E-state index in [1.807, 2.05) is 0 Å². The quantitative estimate of drug-likeness (QED) is 0.605. The molecule has 2 atom stereocenters. The zero-order chi connectivity index (χ0) is 19.9. The van der Waals surface area contributed by atoms with Crippen LogP contribution in [0.5, 0.6) is 0 Å². The molecule has 27 heavy (non-hydrogen) atoms. The fourth-order valence-corrected chi connectivity index (χ4v) is 3.75. The van der Waals surface area contributed by atoms with Gasteiger partial charge in [0.25, 0.3) is 0 Å². The monoisotopic (exact) mass is 396 g/mol. The lowest BCUT2D eigenvalue weighted by atomic mass is 9.72. The van der Waals surface area contributed by atoms with E-state index in [1.165, 1.54) is 31.2 Å². The Morgan fingerprint density at radius 2 is 1.89 bits per heavy atom. The maximum Gasteiger partial charge on any atom is 0.398 e. The topological polar surface area (TPSA) is 48.9 Å². The second-order valence-corrected chi connectivity index (χ2v) is 7.88. The first-order valence-electron chi connectivity index (χ1n) is 8.47. The Kier molecular flexibility index (Phi) is 4.99. The molecule has 1 aromatic carbocycles. The predicted molar refractivity (Wildman–Crippen MR) is 99.9 cm³/mol. The SMILES string of the molecule is CC(O)(Cc1cc2cnccc2[nH]1)CC(C)(c1cccc(Cl)c1)C(F)(F)F. The zero-order valence-corrected chi connectivity index (χ0v) is 15.7. The molecule has 0 saturated carbocycles. The number of rotatable bonds is 5. The van der Waals surface area contributed by atoms with Gasteiger partial charge in [0.15, 0.2) is 0 Å². The van der Waals surface area contributed by atoms with E-state index in [0.717, 1.165) is 17.8 Å². The number of hydrogen-bond acceptors (Lipinski definition) is 2. The third kappa shape index (κ3) is 4.12. The van der Waals surface area contributed by atoms with E-state index in [1.54, 1.807) is 24.5 Å². The van der Waals surface area contributed by atoms with Crippen molar-refractivity contribution < 1.29 is 18.3 Å². The summed E-state index contributed by atoms with van der Waals surface area (Å²) in [7, 11) is 0. The zero-order valence-electron chi connectivity index (χ0n) is 14.9. The maximum atomic E-state index is 14.0. The van der Waals surface area contributed by atoms with Gasteiger partial charge in [0.2, 0.25) is 0 Å². The summed E-state index contributed by atoms with van der Waals surface area (Å²) in [5.41, 5.74) is -2.33. The van der Waals surface area contributed by atoms with E-state index in [-0.39, 0.29) is 17.0 Å². The molecule has 3 aromatic rings. The molecular weight excluding hydrogens is 377 g/mol. The highest BCUT2D eigenvalue weighted by Gasteiger charge is 2.54. The molecule has 7 heteroatoms. The fourth-order valence-electron chi connectivity index (χ4n) is 3.56. The summed E-state index contributed by atoms with van der Waals surface area (Å²) in [5.74, 6) is 0. The van der Waals surface area contributed by atoms with Crippen molar-refractivity contribution in [3.63, 3.8) is 0 Å². The molecule has 0 aliphatic heterocycles. The number of aromatic amines is 1. The Balaban J connectivity index is 1.92. The molecule has 0 bridgehead atoms. The molecule has 0 spiro atoms. The van der Waals surface area contributed by atoms with Gasteiger partial charge in [0, 0.05) is 40.4 Å². The van der Waals surface area contributed by atoms with Crippen LogP contribution in [0.3, 0.4) is 0 Å². The van der Waals surface area contributed by atoms with Gasteiger partial charge in [-0.25, -0.2) is 0 Å². The number of nitrogens with zero attached hydrogens (tertiary/aromatic N) is 1. The van der Waals surface area contributed by atoms with Gasteiger partial charge in [-0.3, -0.25) is 4.98 Å². The van der Waals surface area contributed by atoms with Gasteiger partial charge in [-0.1, -0.05) is 23.7 Å². The highest BCUT2D eigenvalue weighted by atomic mass is 35.5. The van der Waals surface area contributed by atoms with Crippen LogP contribution in [-0.2, 0) is 11.8 Å². The lowest BCUT2D eigenvalue weighted by Crippen LogP contribution is -2.46. The van der Waals surface area contributed by atoms with Crippen LogP contribution in [0.15, 0.2) is 48.8 Å². The van der Waals surface area contributed by atoms with Gasteiger partial charge < -0.3 is 10.1 Å². The van der Waals surface area contributed by atoms with Crippen LogP contribution in [0.4, 0.5) is 13.2 Å². The number of pyridine rings is 1. The van der Waals surface area contributed by atoms with Gasteiger partial charge in [0.1, 0.15) is 0 Å². The minimum absolute atomic E-state index is 0.0311. The van der Waals surface area contributed by atoms with Gasteiger partial charge in [-0.2, -0.15) is 13.2 Å². The molecule has 0 aliphatic rings. The molecule has 0 aliphatic carbocycles. The van der Waals surface area contributed by atoms with Gasteiger partial charge in [-0.05, 0) is 50.1 Å². The third-order valence-electron chi connectivity index (χ3n) is 4.87. The minimum Gasteiger partial charge on any atom is -0.390 e. The van der Waals surface area contributed by atoms with Gasteiger partial charge in [-0.15, -0.1) is 0 Å². The number of alkyl halides is 3. The second kappa shape index (κ2) is 6.84. The lowest BCUT2D eigenvalue weighted by Gasteiger charge is -2.38. The fraction of sp³-hybridized carbons (Fsp3) is 0.350. The van der Waals surface area contributed by atoms with Crippen molar-refractivity contribution in [3.05, 3.63) is 65.1 Å². The van der Waals surface area contributed by atoms with E-state index in [4.69, 9.17) is 11.6 Å². The molecule has 0 amide bonds. The van der Waals surface area contributed by atoms with Gasteiger partial charge in [0.05, 0.1) is 11.0 Å². The van der Waals surface area contributed by atoms with Crippen LogP contribution in [0.2, 0.25) is 5.02 Å². The van der Waals surface area contributed by atoms with Crippen molar-refractivity contribution >= 4 is 22.5 Å². The largest absolute Gasteiger partial charge is 0.398 e. The van der Waals surface area contributed by atoms with Crippen LogP contribution < -0.4 is 0 Å². The summed E-state index contributed by atoms with van der Waals surface area (Å²) < 4.78 is 42.0. The molecular formula is C20H20ClF3N2O. The summed E-state index contributed by atoms with van der Waals surface area (Å²) in [6, 6.07) is 9.28. The summed E-state index contributed by atoms with van der Waals surface area (Å²) in [6.45, 7) is 2.52. The first-order valence-corrected chi connectivity index (χ1v) is 8.85. The standard InChI is InChI=1S/C20H20ClF3N2O/c1-18(27,10-16-8-13-11-25-7-6-17(13)26-16)12-19(2,20(22,23)24)14-4-3-5-15(21)9-14/h3-9,11,26-27H,10,12H2,1-2H3. The molecule has 2 heterocycles. The Labute approximate surface area is 160 Å². The number of benzene rings is 1. The van der Waals surface area contributed by atoms with Gasteiger partial charge >= 0.3 is 6.18 Å². The summed E-state index contributed by atoms with van der Waals surface area (Å²) in [5, 5.41) is 11.9. The van der Waals surface area contributed by atoms with E-state index in [9.17, 15) is 18.3 Å². The van der Waals surface area contributed by atoms with Crippen LogP contribution in [0.1, 0.15) is 31.5 Å². The van der Waals surface area contributed by atoms with Crippen LogP contribution in [-0.4, -0.2) is 26.9 Å².